The van der Waals surface area contributed by atoms with Gasteiger partial charge in [-0.05, 0) is 74.7 Å². The molecule has 0 bridgehead atoms. The van der Waals surface area contributed by atoms with Crippen LogP contribution in [-0.4, -0.2) is 12.6 Å². The zero-order valence-electron chi connectivity index (χ0n) is 13.8. The maximum atomic E-state index is 5.42. The molecule has 2 aliphatic rings. The lowest BCUT2D eigenvalue weighted by molar-refractivity contribution is 0.0914. The molecule has 0 saturated heterocycles. The molecule has 20 heavy (non-hydrogen) atoms. The van der Waals surface area contributed by atoms with E-state index in [-0.39, 0.29) is 0 Å². The van der Waals surface area contributed by atoms with E-state index in [4.69, 9.17) is 6.42 Å². The van der Waals surface area contributed by atoms with Crippen LogP contribution in [0.2, 0.25) is 0 Å². The molecule has 3 atom stereocenters. The number of hydrogen-bond acceptors (Lipinski definition) is 1. The van der Waals surface area contributed by atoms with Crippen molar-refractivity contribution in [3.63, 3.8) is 0 Å². The van der Waals surface area contributed by atoms with E-state index in [1.54, 1.807) is 0 Å². The fraction of sp³-hybridized carbons (Fsp3) is 0.895. The highest BCUT2D eigenvalue weighted by atomic mass is 14.9. The van der Waals surface area contributed by atoms with E-state index in [0.717, 1.165) is 30.2 Å². The molecule has 0 spiro atoms. The van der Waals surface area contributed by atoms with Crippen molar-refractivity contribution in [3.05, 3.63) is 0 Å². The average Bonchev–Trinajstić information content (AvgIpc) is 3.20. The SMILES string of the molecule is C#CCCCC1CC(C(C)(C)C)CCC1CNC1CC1. The van der Waals surface area contributed by atoms with Gasteiger partial charge in [-0.1, -0.05) is 20.8 Å². The van der Waals surface area contributed by atoms with Gasteiger partial charge in [0.15, 0.2) is 0 Å². The van der Waals surface area contributed by atoms with Crippen molar-refractivity contribution in [2.24, 2.45) is 23.2 Å². The summed E-state index contributed by atoms with van der Waals surface area (Å²) in [5.74, 6) is 5.50. The summed E-state index contributed by atoms with van der Waals surface area (Å²) in [4.78, 5) is 0. The third-order valence-electron chi connectivity index (χ3n) is 5.51. The molecule has 2 rings (SSSR count). The van der Waals surface area contributed by atoms with Gasteiger partial charge in [-0.25, -0.2) is 0 Å². The molecule has 3 unspecified atom stereocenters. The largest absolute Gasteiger partial charge is 0.314 e. The van der Waals surface area contributed by atoms with Crippen molar-refractivity contribution in [2.75, 3.05) is 6.54 Å². The van der Waals surface area contributed by atoms with Gasteiger partial charge in [0.25, 0.3) is 0 Å². The standard InChI is InChI=1S/C19H33N/c1-5-6-7-8-15-13-17(19(2,3)4)10-9-16(15)14-20-18-11-12-18/h1,15-18,20H,6-14H2,2-4H3. The maximum Gasteiger partial charge on any atom is 0.00861 e. The number of nitrogens with one attached hydrogen (secondary N) is 1. The Labute approximate surface area is 126 Å². The molecule has 0 aromatic carbocycles. The number of rotatable bonds is 6. The molecule has 0 radical (unpaired) electrons. The number of hydrogen-bond donors (Lipinski definition) is 1. The minimum atomic E-state index is 0.471. The molecule has 2 saturated carbocycles. The molecule has 1 heteroatoms. The van der Waals surface area contributed by atoms with Gasteiger partial charge < -0.3 is 5.32 Å². The molecular formula is C19H33N. The van der Waals surface area contributed by atoms with Crippen LogP contribution in [0, 0.1) is 35.5 Å². The molecule has 114 valence electrons. The van der Waals surface area contributed by atoms with E-state index in [2.05, 4.69) is 32.0 Å². The first-order chi connectivity index (χ1) is 9.50. The first-order valence-electron chi connectivity index (χ1n) is 8.67. The van der Waals surface area contributed by atoms with E-state index in [0.29, 0.717) is 5.41 Å². The normalized spacial score (nSPS) is 31.0. The maximum absolute atomic E-state index is 5.42. The lowest BCUT2D eigenvalue weighted by Crippen LogP contribution is -2.37. The fourth-order valence-corrected chi connectivity index (χ4v) is 3.81. The van der Waals surface area contributed by atoms with Crippen LogP contribution in [-0.2, 0) is 0 Å². The molecule has 2 fully saturated rings. The molecule has 0 aromatic heterocycles. The summed E-state index contributed by atoms with van der Waals surface area (Å²) in [7, 11) is 0. The molecule has 0 heterocycles. The third-order valence-corrected chi connectivity index (χ3v) is 5.51. The Hall–Kier alpha value is -0.480. The van der Waals surface area contributed by atoms with Crippen molar-refractivity contribution in [3.8, 4) is 12.3 Å². The first kappa shape index (κ1) is 15.9. The van der Waals surface area contributed by atoms with Crippen LogP contribution in [0.4, 0.5) is 0 Å². The summed E-state index contributed by atoms with van der Waals surface area (Å²) in [5, 5.41) is 3.76. The van der Waals surface area contributed by atoms with Crippen molar-refractivity contribution >= 4 is 0 Å². The van der Waals surface area contributed by atoms with Gasteiger partial charge in [-0.3, -0.25) is 0 Å². The highest BCUT2D eigenvalue weighted by Crippen LogP contribution is 2.44. The highest BCUT2D eigenvalue weighted by molar-refractivity contribution is 4.90. The van der Waals surface area contributed by atoms with Gasteiger partial charge in [0.05, 0.1) is 0 Å². The van der Waals surface area contributed by atoms with Crippen LogP contribution in [0.25, 0.3) is 0 Å². The predicted molar refractivity (Wildman–Crippen MR) is 87.5 cm³/mol. The fourth-order valence-electron chi connectivity index (χ4n) is 3.81. The Kier molecular flexibility index (Phi) is 5.56. The molecule has 0 aromatic rings. The van der Waals surface area contributed by atoms with E-state index in [1.165, 1.54) is 51.5 Å². The summed E-state index contributed by atoms with van der Waals surface area (Å²) >= 11 is 0. The Morgan fingerprint density at radius 3 is 2.45 bits per heavy atom. The highest BCUT2D eigenvalue weighted by Gasteiger charge is 2.36. The second-order valence-electron chi connectivity index (χ2n) is 8.18. The van der Waals surface area contributed by atoms with Crippen LogP contribution < -0.4 is 5.32 Å². The summed E-state index contributed by atoms with van der Waals surface area (Å²) in [6, 6.07) is 0.849. The molecular weight excluding hydrogens is 242 g/mol. The molecule has 0 aliphatic heterocycles. The Bertz CT molecular complexity index is 329. The van der Waals surface area contributed by atoms with Crippen molar-refractivity contribution in [1.29, 1.82) is 0 Å². The van der Waals surface area contributed by atoms with Crippen LogP contribution in [0.3, 0.4) is 0 Å². The molecule has 1 N–H and O–H groups in total. The van der Waals surface area contributed by atoms with E-state index in [9.17, 15) is 0 Å². The van der Waals surface area contributed by atoms with Gasteiger partial charge in [0.1, 0.15) is 0 Å². The van der Waals surface area contributed by atoms with E-state index >= 15 is 0 Å². The average molecular weight is 275 g/mol. The second kappa shape index (κ2) is 6.99. The Balaban J connectivity index is 1.86. The quantitative estimate of drug-likeness (QED) is 0.551. The zero-order valence-corrected chi connectivity index (χ0v) is 13.8. The summed E-state index contributed by atoms with van der Waals surface area (Å²) in [6.45, 7) is 8.50. The Morgan fingerprint density at radius 1 is 1.10 bits per heavy atom. The van der Waals surface area contributed by atoms with Gasteiger partial charge >= 0.3 is 0 Å². The van der Waals surface area contributed by atoms with Crippen molar-refractivity contribution < 1.29 is 0 Å². The van der Waals surface area contributed by atoms with Crippen LogP contribution in [0.15, 0.2) is 0 Å². The first-order valence-corrected chi connectivity index (χ1v) is 8.67. The monoisotopic (exact) mass is 275 g/mol. The third kappa shape index (κ3) is 4.81. The van der Waals surface area contributed by atoms with Crippen molar-refractivity contribution in [1.82, 2.24) is 5.32 Å². The number of terminal acetylenes is 1. The minimum Gasteiger partial charge on any atom is -0.314 e. The van der Waals surface area contributed by atoms with Crippen LogP contribution >= 0.6 is 0 Å². The van der Waals surface area contributed by atoms with Crippen LogP contribution in [0.1, 0.15) is 72.1 Å². The van der Waals surface area contributed by atoms with Gasteiger partial charge in [0, 0.05) is 12.5 Å². The van der Waals surface area contributed by atoms with Gasteiger partial charge in [-0.2, -0.15) is 0 Å². The summed E-state index contributed by atoms with van der Waals surface area (Å²) < 4.78 is 0. The Morgan fingerprint density at radius 2 is 1.85 bits per heavy atom. The predicted octanol–water partition coefficient (Wildman–Crippen LogP) is 4.62. The lowest BCUT2D eigenvalue weighted by atomic mass is 9.64. The minimum absolute atomic E-state index is 0.471. The zero-order chi connectivity index (χ0) is 14.6. The van der Waals surface area contributed by atoms with E-state index in [1.807, 2.05) is 0 Å². The smallest absolute Gasteiger partial charge is 0.00861 e. The summed E-state index contributed by atoms with van der Waals surface area (Å²) in [5.41, 5.74) is 0.471. The number of unbranched alkanes of at least 4 members (excludes halogenated alkanes) is 1. The lowest BCUT2D eigenvalue weighted by Gasteiger charge is -2.42. The van der Waals surface area contributed by atoms with E-state index < -0.39 is 0 Å². The van der Waals surface area contributed by atoms with Gasteiger partial charge in [0.2, 0.25) is 0 Å². The summed E-state index contributed by atoms with van der Waals surface area (Å²) in [6.07, 6.45) is 16.0. The van der Waals surface area contributed by atoms with Gasteiger partial charge in [-0.15, -0.1) is 12.3 Å². The van der Waals surface area contributed by atoms with Crippen molar-refractivity contribution in [2.45, 2.75) is 78.2 Å². The molecule has 2 aliphatic carbocycles. The topological polar surface area (TPSA) is 12.0 Å². The van der Waals surface area contributed by atoms with Crippen LogP contribution in [0.5, 0.6) is 0 Å². The second-order valence-corrected chi connectivity index (χ2v) is 8.18. The molecule has 1 nitrogen and oxygen atoms in total. The molecule has 0 amide bonds.